The molecule has 2 rings (SSSR count). The second-order valence-corrected chi connectivity index (χ2v) is 6.90. The van der Waals surface area contributed by atoms with E-state index < -0.39 is 21.9 Å². The van der Waals surface area contributed by atoms with Gasteiger partial charge >= 0.3 is 5.97 Å². The molecule has 3 N–H and O–H groups in total. The van der Waals surface area contributed by atoms with E-state index in [1.54, 1.807) is 0 Å². The molecule has 0 bridgehead atoms. The Bertz CT molecular complexity index is 653. The molecule has 1 unspecified atom stereocenters. The normalized spacial score (nSPS) is 20.1. The van der Waals surface area contributed by atoms with E-state index in [-0.39, 0.29) is 24.0 Å². The maximum Gasteiger partial charge on any atom is 0.353 e. The lowest BCUT2D eigenvalue weighted by Gasteiger charge is -2.29. The van der Waals surface area contributed by atoms with E-state index in [1.165, 1.54) is 10.4 Å². The number of rotatable bonds is 4. The Balaban J connectivity index is 2.01. The number of anilines is 1. The van der Waals surface area contributed by atoms with E-state index in [1.807, 2.05) is 0 Å². The van der Waals surface area contributed by atoms with Crippen LogP contribution in [0.3, 0.4) is 0 Å². The van der Waals surface area contributed by atoms with Crippen molar-refractivity contribution in [1.29, 1.82) is 0 Å². The maximum atomic E-state index is 12.1. The summed E-state index contributed by atoms with van der Waals surface area (Å²) in [6.07, 6.45) is 2.29. The number of carbonyl (C=O) groups excluding carboxylic acids is 1. The minimum absolute atomic E-state index is 0.105. The smallest absolute Gasteiger partial charge is 0.353 e. The zero-order chi connectivity index (χ0) is 15.6. The van der Waals surface area contributed by atoms with Gasteiger partial charge in [-0.1, -0.05) is 0 Å². The summed E-state index contributed by atoms with van der Waals surface area (Å²) < 4.78 is 24.3. The van der Waals surface area contributed by atoms with Gasteiger partial charge in [-0.2, -0.15) is 5.10 Å². The summed E-state index contributed by atoms with van der Waals surface area (Å²) in [6.45, 7) is 0.537. The van der Waals surface area contributed by atoms with Gasteiger partial charge in [0.2, 0.25) is 15.9 Å². The third kappa shape index (κ3) is 3.79. The fourth-order valence-electron chi connectivity index (χ4n) is 2.18. The number of hydrogen-bond acceptors (Lipinski definition) is 5. The molecule has 1 aliphatic heterocycles. The molecule has 2 heterocycles. The number of piperidine rings is 1. The Kier molecular flexibility index (Phi) is 4.28. The van der Waals surface area contributed by atoms with Crippen LogP contribution in [0, 0.1) is 5.92 Å². The van der Waals surface area contributed by atoms with Gasteiger partial charge in [0, 0.05) is 19.2 Å². The minimum Gasteiger partial charge on any atom is -0.477 e. The summed E-state index contributed by atoms with van der Waals surface area (Å²) in [6, 6.07) is 1.21. The van der Waals surface area contributed by atoms with Crippen LogP contribution in [0.1, 0.15) is 23.3 Å². The highest BCUT2D eigenvalue weighted by Crippen LogP contribution is 2.20. The summed E-state index contributed by atoms with van der Waals surface area (Å²) in [5.74, 6) is -1.91. The van der Waals surface area contributed by atoms with Crippen LogP contribution in [-0.2, 0) is 14.8 Å². The lowest BCUT2D eigenvalue weighted by atomic mass is 9.99. The number of aromatic nitrogens is 2. The molecule has 10 heteroatoms. The van der Waals surface area contributed by atoms with Crippen molar-refractivity contribution < 1.29 is 23.1 Å². The summed E-state index contributed by atoms with van der Waals surface area (Å²) in [7, 11) is -3.32. The Morgan fingerprint density at radius 2 is 2.24 bits per heavy atom. The first-order valence-corrected chi connectivity index (χ1v) is 8.17. The van der Waals surface area contributed by atoms with E-state index in [4.69, 9.17) is 5.11 Å². The second-order valence-electron chi connectivity index (χ2n) is 4.92. The van der Waals surface area contributed by atoms with E-state index in [0.29, 0.717) is 19.4 Å². The average Bonchev–Trinajstić information content (AvgIpc) is 2.86. The van der Waals surface area contributed by atoms with Gasteiger partial charge in [0.25, 0.3) is 0 Å². The highest BCUT2D eigenvalue weighted by molar-refractivity contribution is 7.88. The van der Waals surface area contributed by atoms with Gasteiger partial charge in [-0.3, -0.25) is 9.89 Å². The number of aromatic amines is 1. The monoisotopic (exact) mass is 316 g/mol. The molecule has 0 aliphatic carbocycles. The fourth-order valence-corrected chi connectivity index (χ4v) is 3.09. The number of hydrogen-bond donors (Lipinski definition) is 3. The van der Waals surface area contributed by atoms with Crippen molar-refractivity contribution in [3.05, 3.63) is 11.8 Å². The lowest BCUT2D eigenvalue weighted by molar-refractivity contribution is -0.120. The number of aromatic carboxylic acids is 1. The van der Waals surface area contributed by atoms with Crippen molar-refractivity contribution in [1.82, 2.24) is 14.5 Å². The molecule has 1 aromatic rings. The van der Waals surface area contributed by atoms with E-state index in [2.05, 4.69) is 15.5 Å². The van der Waals surface area contributed by atoms with Crippen LogP contribution in [0.15, 0.2) is 6.07 Å². The molecule has 1 amide bonds. The highest BCUT2D eigenvalue weighted by atomic mass is 32.2. The first kappa shape index (κ1) is 15.4. The first-order valence-electron chi connectivity index (χ1n) is 6.32. The summed E-state index contributed by atoms with van der Waals surface area (Å²) >= 11 is 0. The SMILES string of the molecule is CS(=O)(=O)N1CCCC(C(=O)Nc2cc(C(=O)O)[nH]n2)C1. The van der Waals surface area contributed by atoms with Crippen LogP contribution in [0.25, 0.3) is 0 Å². The van der Waals surface area contributed by atoms with Crippen molar-refractivity contribution in [2.24, 2.45) is 5.92 Å². The maximum absolute atomic E-state index is 12.1. The van der Waals surface area contributed by atoms with Gasteiger partial charge in [0.15, 0.2) is 5.82 Å². The highest BCUT2D eigenvalue weighted by Gasteiger charge is 2.30. The van der Waals surface area contributed by atoms with Crippen molar-refractivity contribution in [2.75, 3.05) is 24.7 Å². The van der Waals surface area contributed by atoms with Crippen LogP contribution in [0.4, 0.5) is 5.82 Å². The third-order valence-electron chi connectivity index (χ3n) is 3.28. The Labute approximate surface area is 121 Å². The molecule has 1 atom stereocenters. The van der Waals surface area contributed by atoms with Crippen molar-refractivity contribution in [3.63, 3.8) is 0 Å². The summed E-state index contributed by atoms with van der Waals surface area (Å²) in [4.78, 5) is 22.8. The quantitative estimate of drug-likeness (QED) is 0.699. The number of sulfonamides is 1. The van der Waals surface area contributed by atoms with Gasteiger partial charge in [-0.05, 0) is 12.8 Å². The molecule has 9 nitrogen and oxygen atoms in total. The van der Waals surface area contributed by atoms with E-state index in [9.17, 15) is 18.0 Å². The second kappa shape index (κ2) is 5.82. The van der Waals surface area contributed by atoms with Crippen LogP contribution in [0.5, 0.6) is 0 Å². The molecular weight excluding hydrogens is 300 g/mol. The van der Waals surface area contributed by atoms with Crippen molar-refractivity contribution in [2.45, 2.75) is 12.8 Å². The van der Waals surface area contributed by atoms with Gasteiger partial charge in [0.05, 0.1) is 12.2 Å². The van der Waals surface area contributed by atoms with Gasteiger partial charge in [0.1, 0.15) is 5.69 Å². The third-order valence-corrected chi connectivity index (χ3v) is 4.55. The molecule has 1 saturated heterocycles. The number of amides is 1. The first-order chi connectivity index (χ1) is 9.77. The molecule has 0 saturated carbocycles. The molecular formula is C11H16N4O5S. The topological polar surface area (TPSA) is 132 Å². The van der Waals surface area contributed by atoms with E-state index in [0.717, 1.165) is 6.26 Å². The summed E-state index contributed by atoms with van der Waals surface area (Å²) in [5.41, 5.74) is -0.133. The number of carboxylic acids is 1. The van der Waals surface area contributed by atoms with Crippen LogP contribution >= 0.6 is 0 Å². The zero-order valence-electron chi connectivity index (χ0n) is 11.4. The predicted octanol–water partition coefficient (Wildman–Crippen LogP) is -0.282. The van der Waals surface area contributed by atoms with Crippen molar-refractivity contribution in [3.8, 4) is 0 Å². The Morgan fingerprint density at radius 1 is 1.52 bits per heavy atom. The molecule has 1 fully saturated rings. The molecule has 0 radical (unpaired) electrons. The van der Waals surface area contributed by atoms with Crippen LogP contribution in [-0.4, -0.2) is 59.2 Å². The van der Waals surface area contributed by atoms with Gasteiger partial charge < -0.3 is 10.4 Å². The number of nitrogens with one attached hydrogen (secondary N) is 2. The van der Waals surface area contributed by atoms with Crippen LogP contribution < -0.4 is 5.32 Å². The largest absolute Gasteiger partial charge is 0.477 e. The number of H-pyrrole nitrogens is 1. The lowest BCUT2D eigenvalue weighted by Crippen LogP contribution is -2.43. The van der Waals surface area contributed by atoms with Gasteiger partial charge in [-0.15, -0.1) is 0 Å². The minimum atomic E-state index is -3.32. The predicted molar refractivity (Wildman–Crippen MR) is 73.3 cm³/mol. The molecule has 1 aromatic heterocycles. The Hall–Kier alpha value is -1.94. The number of carboxylic acid groups (broad SMARTS) is 1. The molecule has 21 heavy (non-hydrogen) atoms. The standard InChI is InChI=1S/C11H16N4O5S/c1-21(19,20)15-4-2-3-7(6-15)10(16)12-9-5-8(11(17)18)13-14-9/h5,7H,2-4,6H2,1H3,(H,17,18)(H2,12,13,14,16). The van der Waals surface area contributed by atoms with E-state index >= 15 is 0 Å². The molecule has 0 spiro atoms. The fraction of sp³-hybridized carbons (Fsp3) is 0.545. The molecule has 116 valence electrons. The number of carbonyl (C=O) groups is 2. The average molecular weight is 316 g/mol. The van der Waals surface area contributed by atoms with Crippen LogP contribution in [0.2, 0.25) is 0 Å². The molecule has 1 aliphatic rings. The summed E-state index contributed by atoms with van der Waals surface area (Å²) in [5, 5.41) is 17.2. The molecule has 0 aromatic carbocycles. The zero-order valence-corrected chi connectivity index (χ0v) is 12.2. The Morgan fingerprint density at radius 3 is 2.81 bits per heavy atom. The van der Waals surface area contributed by atoms with Crippen molar-refractivity contribution >= 4 is 27.7 Å². The number of nitrogens with zero attached hydrogens (tertiary/aromatic N) is 2. The van der Waals surface area contributed by atoms with Gasteiger partial charge in [-0.25, -0.2) is 17.5 Å².